The summed E-state index contributed by atoms with van der Waals surface area (Å²) < 4.78 is 4.92. The first-order valence-electron chi connectivity index (χ1n) is 9.02. The van der Waals surface area contributed by atoms with Crippen LogP contribution in [0.25, 0.3) is 0 Å². The molecule has 1 aliphatic carbocycles. The molecule has 2 nitrogen and oxygen atoms in total. The highest BCUT2D eigenvalue weighted by Crippen LogP contribution is 2.40. The maximum atomic E-state index is 11.0. The van der Waals surface area contributed by atoms with Crippen LogP contribution in [0.4, 0.5) is 0 Å². The Morgan fingerprint density at radius 1 is 1.24 bits per heavy atom. The maximum absolute atomic E-state index is 11.0. The van der Waals surface area contributed by atoms with Crippen LogP contribution in [0.5, 0.6) is 0 Å². The molecule has 1 aliphatic rings. The number of hydrogen-bond donors (Lipinski definition) is 0. The van der Waals surface area contributed by atoms with Crippen LogP contribution in [0.2, 0.25) is 6.32 Å². The van der Waals surface area contributed by atoms with Crippen molar-refractivity contribution in [1.29, 1.82) is 0 Å². The number of carbonyl (C=O) groups excluding carboxylic acids is 1. The fourth-order valence-corrected chi connectivity index (χ4v) is 3.03. The summed E-state index contributed by atoms with van der Waals surface area (Å²) in [7, 11) is 5.18. The lowest BCUT2D eigenvalue weighted by molar-refractivity contribution is -0.139. The van der Waals surface area contributed by atoms with Crippen LogP contribution >= 0.6 is 0 Å². The zero-order valence-corrected chi connectivity index (χ0v) is 16.4. The second-order valence-electron chi connectivity index (χ2n) is 7.37. The molecule has 0 bridgehead atoms. The number of carbonyl (C=O) groups is 1. The summed E-state index contributed by atoms with van der Waals surface area (Å²) in [5.74, 6) is -0.385. The lowest BCUT2D eigenvalue weighted by Gasteiger charge is -2.32. The monoisotopic (exact) mass is 338 g/mol. The summed E-state index contributed by atoms with van der Waals surface area (Å²) in [6.45, 7) is 11.3. The van der Waals surface area contributed by atoms with Crippen LogP contribution in [0.1, 0.15) is 53.9 Å². The molecule has 3 heteroatoms. The molecule has 0 unspecified atom stereocenters. The highest BCUT2D eigenvalue weighted by molar-refractivity contribution is 6.18. The van der Waals surface area contributed by atoms with E-state index in [0.29, 0.717) is 0 Å². The van der Waals surface area contributed by atoms with E-state index in [9.17, 15) is 4.79 Å². The molecule has 0 spiro atoms. The quantitative estimate of drug-likeness (QED) is 0.341. The van der Waals surface area contributed by atoms with Gasteiger partial charge in [-0.2, -0.15) is 0 Å². The molecule has 2 radical (unpaired) electrons. The summed E-state index contributed by atoms with van der Waals surface area (Å²) in [6.07, 6.45) is 16.1. The Labute approximate surface area is 154 Å². The minimum Gasteiger partial charge on any atom is -0.462 e. The Hall–Kier alpha value is -1.77. The molecular weight excluding hydrogens is 307 g/mol. The van der Waals surface area contributed by atoms with Gasteiger partial charge in [-0.25, -0.2) is 0 Å². The third-order valence-corrected chi connectivity index (χ3v) is 4.59. The van der Waals surface area contributed by atoms with Gasteiger partial charge < -0.3 is 4.74 Å². The van der Waals surface area contributed by atoms with Crippen molar-refractivity contribution in [2.75, 3.05) is 6.61 Å². The Balaban J connectivity index is 2.63. The summed E-state index contributed by atoms with van der Waals surface area (Å²) in [4.78, 5) is 11.0. The van der Waals surface area contributed by atoms with E-state index in [2.05, 4.69) is 45.9 Å². The summed E-state index contributed by atoms with van der Waals surface area (Å²) in [5.41, 5.74) is 5.52. The molecule has 0 aliphatic heterocycles. The van der Waals surface area contributed by atoms with Gasteiger partial charge in [0.1, 0.15) is 6.61 Å². The van der Waals surface area contributed by atoms with Crippen molar-refractivity contribution < 1.29 is 9.53 Å². The molecule has 0 aromatic rings. The molecule has 134 valence electrons. The summed E-state index contributed by atoms with van der Waals surface area (Å²) >= 11 is 0. The maximum Gasteiger partial charge on any atom is 0.297 e. The Kier molecular flexibility index (Phi) is 8.75. The molecular formula is C22H31BO2. The van der Waals surface area contributed by atoms with Gasteiger partial charge in [0.05, 0.1) is 7.85 Å². The van der Waals surface area contributed by atoms with Gasteiger partial charge in [-0.3, -0.25) is 4.79 Å². The van der Waals surface area contributed by atoms with Crippen molar-refractivity contribution in [3.63, 3.8) is 0 Å². The first kappa shape index (κ1) is 21.3. The van der Waals surface area contributed by atoms with Crippen molar-refractivity contribution in [2.45, 2.75) is 60.2 Å². The van der Waals surface area contributed by atoms with Crippen LogP contribution in [-0.2, 0) is 9.53 Å². The number of rotatable bonds is 7. The summed E-state index contributed by atoms with van der Waals surface area (Å²) in [5, 5.41) is 0. The van der Waals surface area contributed by atoms with Crippen LogP contribution in [0.3, 0.4) is 0 Å². The first-order valence-corrected chi connectivity index (χ1v) is 9.02. The predicted octanol–water partition coefficient (Wildman–Crippen LogP) is 5.65. The summed E-state index contributed by atoms with van der Waals surface area (Å²) in [6, 6.07) is 0. The molecule has 0 aromatic heterocycles. The molecule has 0 atom stereocenters. The molecule has 0 saturated heterocycles. The molecule has 0 saturated carbocycles. The normalized spacial score (nSPS) is 19.1. The minimum atomic E-state index is -0.385. The lowest BCUT2D eigenvalue weighted by Crippen LogP contribution is -2.19. The molecule has 0 N–H and O–H groups in total. The van der Waals surface area contributed by atoms with Crippen molar-refractivity contribution in [3.8, 4) is 0 Å². The third kappa shape index (κ3) is 7.77. The number of ether oxygens (including phenoxy) is 1. The van der Waals surface area contributed by atoms with Gasteiger partial charge in [0, 0.05) is 6.32 Å². The zero-order valence-electron chi connectivity index (χ0n) is 16.4. The van der Waals surface area contributed by atoms with Crippen LogP contribution in [0.15, 0.2) is 58.7 Å². The van der Waals surface area contributed by atoms with Gasteiger partial charge in [-0.1, -0.05) is 60.9 Å². The first-order chi connectivity index (χ1) is 11.8. The van der Waals surface area contributed by atoms with E-state index in [1.54, 1.807) is 0 Å². The lowest BCUT2D eigenvalue weighted by atomic mass is 9.72. The number of hydrogen-bond acceptors (Lipinski definition) is 2. The molecule has 0 heterocycles. The number of allylic oxidation sites excluding steroid dienone is 9. The fourth-order valence-electron chi connectivity index (χ4n) is 3.03. The molecule has 0 aromatic carbocycles. The van der Waals surface area contributed by atoms with Gasteiger partial charge in [-0.05, 0) is 57.1 Å². The van der Waals surface area contributed by atoms with E-state index in [-0.39, 0.29) is 24.3 Å². The Morgan fingerprint density at radius 3 is 2.60 bits per heavy atom. The fraction of sp³-hybridized carbons (Fsp3) is 0.500. The van der Waals surface area contributed by atoms with E-state index in [1.165, 1.54) is 36.0 Å². The minimum absolute atomic E-state index is 0.0797. The van der Waals surface area contributed by atoms with E-state index >= 15 is 0 Å². The highest BCUT2D eigenvalue weighted by Gasteiger charge is 2.26. The van der Waals surface area contributed by atoms with Gasteiger partial charge in [-0.15, -0.1) is 0 Å². The standard InChI is InChI=1S/C22H31BO2/c1-17(8-6-9-18(2)13-15-25-21(24)16-23)11-12-20-19(3)10-7-14-22(20,4)5/h6,8-9,11-13H,7,10,14-16H2,1-5H3/b9-6+,12-11+,17-8+,18-13+. The topological polar surface area (TPSA) is 26.3 Å². The van der Waals surface area contributed by atoms with E-state index < -0.39 is 0 Å². The van der Waals surface area contributed by atoms with Gasteiger partial charge in [0.25, 0.3) is 5.97 Å². The Bertz CT molecular complexity index is 616. The smallest absolute Gasteiger partial charge is 0.297 e. The van der Waals surface area contributed by atoms with Crippen molar-refractivity contribution in [2.24, 2.45) is 5.41 Å². The highest BCUT2D eigenvalue weighted by atomic mass is 16.5. The van der Waals surface area contributed by atoms with E-state index in [0.717, 1.165) is 5.57 Å². The van der Waals surface area contributed by atoms with Crippen LogP contribution < -0.4 is 0 Å². The van der Waals surface area contributed by atoms with Gasteiger partial charge in [0.2, 0.25) is 0 Å². The SMILES string of the molecule is [B]CC(=O)OC/C=C(C)/C=C/C=C(C)/C=C/C1=C(C)CCCC1(C)C. The van der Waals surface area contributed by atoms with Crippen molar-refractivity contribution >= 4 is 13.8 Å². The van der Waals surface area contributed by atoms with Crippen LogP contribution in [-0.4, -0.2) is 20.4 Å². The second kappa shape index (κ2) is 10.3. The van der Waals surface area contributed by atoms with Gasteiger partial charge in [0.15, 0.2) is 0 Å². The van der Waals surface area contributed by atoms with E-state index in [1.807, 2.05) is 25.2 Å². The van der Waals surface area contributed by atoms with Crippen molar-refractivity contribution in [1.82, 2.24) is 0 Å². The molecule has 1 rings (SSSR count). The molecule has 25 heavy (non-hydrogen) atoms. The van der Waals surface area contributed by atoms with Gasteiger partial charge >= 0.3 is 0 Å². The Morgan fingerprint density at radius 2 is 1.96 bits per heavy atom. The largest absolute Gasteiger partial charge is 0.462 e. The molecule has 0 amide bonds. The average molecular weight is 338 g/mol. The predicted molar refractivity (Wildman–Crippen MR) is 108 cm³/mol. The van der Waals surface area contributed by atoms with E-state index in [4.69, 9.17) is 12.6 Å². The number of esters is 1. The zero-order chi connectivity index (χ0) is 18.9. The second-order valence-corrected chi connectivity index (χ2v) is 7.37. The van der Waals surface area contributed by atoms with Crippen LogP contribution in [0, 0.1) is 5.41 Å². The van der Waals surface area contributed by atoms with Crippen molar-refractivity contribution in [3.05, 3.63) is 58.7 Å². The third-order valence-electron chi connectivity index (χ3n) is 4.59. The average Bonchev–Trinajstić information content (AvgIpc) is 2.53. The molecule has 0 fully saturated rings.